The van der Waals surface area contributed by atoms with Crippen LogP contribution in [-0.2, 0) is 4.79 Å². The summed E-state index contributed by atoms with van der Waals surface area (Å²) >= 11 is 0. The van der Waals surface area contributed by atoms with Crippen LogP contribution in [0.1, 0.15) is 13.3 Å². The van der Waals surface area contributed by atoms with Gasteiger partial charge in [0.2, 0.25) is 5.91 Å². The van der Waals surface area contributed by atoms with Crippen LogP contribution in [0.25, 0.3) is 10.4 Å². The van der Waals surface area contributed by atoms with Gasteiger partial charge in [-0.3, -0.25) is 4.79 Å². The van der Waals surface area contributed by atoms with E-state index in [9.17, 15) is 4.79 Å². The minimum absolute atomic E-state index is 0.131. The summed E-state index contributed by atoms with van der Waals surface area (Å²) in [6.45, 7) is 7.37. The first-order chi connectivity index (χ1) is 6.63. The zero-order chi connectivity index (χ0) is 10.6. The van der Waals surface area contributed by atoms with E-state index >= 15 is 0 Å². The Balaban J connectivity index is 2.46. The van der Waals surface area contributed by atoms with Crippen molar-refractivity contribution in [2.24, 2.45) is 11.0 Å². The normalized spacial score (nSPS) is 20.8. The Labute approximate surface area is 83.0 Å². The first kappa shape index (κ1) is 10.6. The van der Waals surface area contributed by atoms with Gasteiger partial charge in [-0.2, -0.15) is 0 Å². The van der Waals surface area contributed by atoms with Gasteiger partial charge in [0.15, 0.2) is 0 Å². The van der Waals surface area contributed by atoms with Crippen molar-refractivity contribution < 1.29 is 4.79 Å². The third-order valence-corrected chi connectivity index (χ3v) is 2.16. The Kier molecular flexibility index (Phi) is 3.54. The van der Waals surface area contributed by atoms with Crippen LogP contribution < -0.4 is 0 Å². The zero-order valence-electron chi connectivity index (χ0n) is 8.31. The molecule has 0 bridgehead atoms. The third-order valence-electron chi connectivity index (χ3n) is 2.16. The van der Waals surface area contributed by atoms with Crippen LogP contribution in [-0.4, -0.2) is 30.4 Å². The maximum atomic E-state index is 11.4. The highest BCUT2D eigenvalue weighted by molar-refractivity contribution is 5.78. The Morgan fingerprint density at radius 2 is 2.57 bits per heavy atom. The number of nitrogens with zero attached hydrogens (tertiary/aromatic N) is 4. The summed E-state index contributed by atoms with van der Waals surface area (Å²) in [5.74, 6) is 0.309. The Morgan fingerprint density at radius 1 is 1.86 bits per heavy atom. The fourth-order valence-electron chi connectivity index (χ4n) is 1.61. The van der Waals surface area contributed by atoms with Crippen molar-refractivity contribution in [2.75, 3.05) is 19.6 Å². The fraction of sp³-hybridized carbons (Fsp3) is 0.667. The third kappa shape index (κ3) is 2.78. The lowest BCUT2D eigenvalue weighted by molar-refractivity contribution is -0.127. The highest BCUT2D eigenvalue weighted by Gasteiger charge is 2.28. The molecule has 76 valence electrons. The van der Waals surface area contributed by atoms with E-state index in [1.807, 2.05) is 6.92 Å². The molecule has 0 aromatic carbocycles. The summed E-state index contributed by atoms with van der Waals surface area (Å²) in [6.07, 6.45) is 0.492. The molecular weight excluding hydrogens is 180 g/mol. The van der Waals surface area contributed by atoms with E-state index in [0.29, 0.717) is 26.1 Å². The number of likely N-dealkylation sites (tertiary alicyclic amines) is 1. The standard InChI is InChI=1S/C9H14N4O/c1-7(2)5-13-6-8(3-9(13)14)4-11-12-10/h8H,1,3-6H2,2H3. The molecule has 1 atom stereocenters. The summed E-state index contributed by atoms with van der Waals surface area (Å²) in [5.41, 5.74) is 9.12. The van der Waals surface area contributed by atoms with Crippen LogP contribution in [0.2, 0.25) is 0 Å². The van der Waals surface area contributed by atoms with E-state index in [4.69, 9.17) is 5.53 Å². The second kappa shape index (κ2) is 4.67. The van der Waals surface area contributed by atoms with E-state index in [2.05, 4.69) is 16.6 Å². The van der Waals surface area contributed by atoms with Crippen molar-refractivity contribution in [1.29, 1.82) is 0 Å². The van der Waals surface area contributed by atoms with Gasteiger partial charge in [-0.1, -0.05) is 17.3 Å². The molecule has 1 fully saturated rings. The minimum atomic E-state index is 0.131. The molecule has 0 N–H and O–H groups in total. The number of amides is 1. The van der Waals surface area contributed by atoms with Gasteiger partial charge in [-0.25, -0.2) is 0 Å². The van der Waals surface area contributed by atoms with E-state index in [-0.39, 0.29) is 11.8 Å². The molecule has 0 radical (unpaired) electrons. The van der Waals surface area contributed by atoms with E-state index < -0.39 is 0 Å². The maximum absolute atomic E-state index is 11.4. The molecule has 0 spiro atoms. The smallest absolute Gasteiger partial charge is 0.223 e. The summed E-state index contributed by atoms with van der Waals surface area (Å²) in [7, 11) is 0. The molecule has 1 aliphatic rings. The molecule has 1 aliphatic heterocycles. The zero-order valence-corrected chi connectivity index (χ0v) is 8.31. The summed E-state index contributed by atoms with van der Waals surface area (Å²) in [6, 6.07) is 0. The molecular formula is C9H14N4O. The first-order valence-electron chi connectivity index (χ1n) is 4.56. The van der Waals surface area contributed by atoms with Gasteiger partial charge < -0.3 is 4.90 Å². The van der Waals surface area contributed by atoms with E-state index in [0.717, 1.165) is 5.57 Å². The summed E-state index contributed by atoms with van der Waals surface area (Å²) in [5, 5.41) is 3.48. The van der Waals surface area contributed by atoms with Crippen molar-refractivity contribution in [3.05, 3.63) is 22.6 Å². The average molecular weight is 194 g/mol. The topological polar surface area (TPSA) is 69.1 Å². The lowest BCUT2D eigenvalue weighted by atomic mass is 10.1. The van der Waals surface area contributed by atoms with Gasteiger partial charge in [0.1, 0.15) is 0 Å². The molecule has 5 nitrogen and oxygen atoms in total. The lowest BCUT2D eigenvalue weighted by Crippen LogP contribution is -2.26. The second-order valence-electron chi connectivity index (χ2n) is 3.71. The van der Waals surface area contributed by atoms with Crippen LogP contribution in [0, 0.1) is 5.92 Å². The number of rotatable bonds is 4. The number of carbonyl (C=O) groups is 1. The molecule has 1 amide bonds. The molecule has 14 heavy (non-hydrogen) atoms. The molecule has 1 heterocycles. The Morgan fingerprint density at radius 3 is 3.14 bits per heavy atom. The maximum Gasteiger partial charge on any atom is 0.223 e. The highest BCUT2D eigenvalue weighted by atomic mass is 16.2. The summed E-state index contributed by atoms with van der Waals surface area (Å²) in [4.78, 5) is 15.9. The molecule has 1 saturated heterocycles. The molecule has 1 rings (SSSR count). The minimum Gasteiger partial charge on any atom is -0.338 e. The largest absolute Gasteiger partial charge is 0.338 e. The van der Waals surface area contributed by atoms with Crippen molar-refractivity contribution in [3.63, 3.8) is 0 Å². The van der Waals surface area contributed by atoms with Crippen LogP contribution >= 0.6 is 0 Å². The lowest BCUT2D eigenvalue weighted by Gasteiger charge is -2.15. The van der Waals surface area contributed by atoms with E-state index in [1.165, 1.54) is 0 Å². The second-order valence-corrected chi connectivity index (χ2v) is 3.71. The molecule has 1 unspecified atom stereocenters. The number of carbonyl (C=O) groups excluding carboxylic acids is 1. The van der Waals surface area contributed by atoms with Crippen molar-refractivity contribution in [2.45, 2.75) is 13.3 Å². The average Bonchev–Trinajstić information content (AvgIpc) is 2.43. The van der Waals surface area contributed by atoms with Crippen LogP contribution in [0.5, 0.6) is 0 Å². The van der Waals surface area contributed by atoms with Crippen molar-refractivity contribution in [3.8, 4) is 0 Å². The van der Waals surface area contributed by atoms with Crippen LogP contribution in [0.15, 0.2) is 17.3 Å². The van der Waals surface area contributed by atoms with Gasteiger partial charge in [0.05, 0.1) is 0 Å². The van der Waals surface area contributed by atoms with Crippen LogP contribution in [0.4, 0.5) is 0 Å². The Hall–Kier alpha value is -1.48. The first-order valence-corrected chi connectivity index (χ1v) is 4.56. The predicted molar refractivity (Wildman–Crippen MR) is 53.5 cm³/mol. The molecule has 5 heteroatoms. The van der Waals surface area contributed by atoms with Crippen molar-refractivity contribution in [1.82, 2.24) is 4.90 Å². The number of hydrogen-bond acceptors (Lipinski definition) is 2. The van der Waals surface area contributed by atoms with E-state index in [1.54, 1.807) is 4.90 Å². The van der Waals surface area contributed by atoms with Gasteiger partial charge in [-0.15, -0.1) is 0 Å². The Bertz CT molecular complexity index is 293. The van der Waals surface area contributed by atoms with Gasteiger partial charge in [0.25, 0.3) is 0 Å². The number of hydrogen-bond donors (Lipinski definition) is 0. The SMILES string of the molecule is C=C(C)CN1CC(CN=[N+]=[N-])CC1=O. The van der Waals surface area contributed by atoms with Gasteiger partial charge in [0, 0.05) is 31.0 Å². The predicted octanol–water partition coefficient (Wildman–Crippen LogP) is 1.72. The summed E-state index contributed by atoms with van der Waals surface area (Å²) < 4.78 is 0. The van der Waals surface area contributed by atoms with Crippen LogP contribution in [0.3, 0.4) is 0 Å². The molecule has 0 saturated carbocycles. The quantitative estimate of drug-likeness (QED) is 0.291. The van der Waals surface area contributed by atoms with Gasteiger partial charge >= 0.3 is 0 Å². The molecule has 0 aromatic heterocycles. The molecule has 0 aromatic rings. The number of azide groups is 1. The highest BCUT2D eigenvalue weighted by Crippen LogP contribution is 2.18. The fourth-order valence-corrected chi connectivity index (χ4v) is 1.61. The van der Waals surface area contributed by atoms with Gasteiger partial charge in [-0.05, 0) is 18.4 Å². The monoisotopic (exact) mass is 194 g/mol. The molecule has 0 aliphatic carbocycles. The van der Waals surface area contributed by atoms with Crippen molar-refractivity contribution >= 4 is 5.91 Å².